The number of hydrogen-bond donors (Lipinski definition) is 3. The quantitative estimate of drug-likeness (QED) is 0.640. The second-order valence-electron chi connectivity index (χ2n) is 5.55. The summed E-state index contributed by atoms with van der Waals surface area (Å²) in [6.45, 7) is 2.21. The third kappa shape index (κ3) is 4.20. The van der Waals surface area contributed by atoms with Crippen LogP contribution in [0.2, 0.25) is 0 Å². The molecule has 1 rings (SSSR count). The first-order chi connectivity index (χ1) is 9.05. The highest BCUT2D eigenvalue weighted by atomic mass is 16.4. The number of hydrogen-bond acceptors (Lipinski definition) is 3. The van der Waals surface area contributed by atoms with E-state index in [1.54, 1.807) is 0 Å². The monoisotopic (exact) mass is 270 g/mol. The van der Waals surface area contributed by atoms with Crippen molar-refractivity contribution in [3.05, 3.63) is 0 Å². The topological polar surface area (TPSA) is 92.4 Å². The molecule has 0 aromatic rings. The number of carboxylic acids is 1. The Morgan fingerprint density at radius 2 is 1.84 bits per heavy atom. The zero-order valence-corrected chi connectivity index (χ0v) is 11.8. The maximum Gasteiger partial charge on any atom is 0.326 e. The van der Waals surface area contributed by atoms with E-state index >= 15 is 0 Å². The molecule has 0 radical (unpaired) electrons. The highest BCUT2D eigenvalue weighted by molar-refractivity contribution is 5.87. The molecule has 1 saturated carbocycles. The fourth-order valence-electron chi connectivity index (χ4n) is 2.79. The second kappa shape index (κ2) is 7.48. The molecule has 1 aliphatic carbocycles. The van der Waals surface area contributed by atoms with Crippen molar-refractivity contribution in [3.8, 4) is 0 Å². The molecule has 1 amide bonds. The summed E-state index contributed by atoms with van der Waals surface area (Å²) in [4.78, 5) is 23.6. The van der Waals surface area contributed by atoms with E-state index in [1.165, 1.54) is 0 Å². The molecule has 0 heterocycles. The van der Waals surface area contributed by atoms with Crippen molar-refractivity contribution in [2.24, 2.45) is 11.1 Å². The smallest absolute Gasteiger partial charge is 0.326 e. The average molecular weight is 270 g/mol. The van der Waals surface area contributed by atoms with Crippen LogP contribution in [-0.2, 0) is 9.59 Å². The summed E-state index contributed by atoms with van der Waals surface area (Å²) in [5.74, 6) is -1.13. The zero-order chi connectivity index (χ0) is 14.3. The van der Waals surface area contributed by atoms with Crippen LogP contribution in [0.4, 0.5) is 0 Å². The lowest BCUT2D eigenvalue weighted by Crippen LogP contribution is -2.51. The largest absolute Gasteiger partial charge is 0.480 e. The van der Waals surface area contributed by atoms with E-state index in [-0.39, 0.29) is 5.91 Å². The summed E-state index contributed by atoms with van der Waals surface area (Å²) in [5, 5.41) is 11.8. The molecule has 5 nitrogen and oxygen atoms in total. The van der Waals surface area contributed by atoms with Crippen molar-refractivity contribution in [2.75, 3.05) is 6.54 Å². The molecule has 110 valence electrons. The van der Waals surface area contributed by atoms with Gasteiger partial charge in [0.25, 0.3) is 0 Å². The lowest BCUT2D eigenvalue weighted by molar-refractivity contribution is -0.144. The molecule has 1 atom stereocenters. The maximum atomic E-state index is 12.4. The molecule has 4 N–H and O–H groups in total. The molecule has 19 heavy (non-hydrogen) atoms. The normalized spacial score (nSPS) is 20.3. The van der Waals surface area contributed by atoms with Gasteiger partial charge in [0, 0.05) is 6.54 Å². The number of carbonyl (C=O) groups is 2. The Labute approximate surface area is 114 Å². The summed E-state index contributed by atoms with van der Waals surface area (Å²) in [6.07, 6.45) is 6.99. The van der Waals surface area contributed by atoms with Crippen molar-refractivity contribution in [1.29, 1.82) is 0 Å². The van der Waals surface area contributed by atoms with Crippen LogP contribution in [0.3, 0.4) is 0 Å². The molecule has 5 heteroatoms. The molecule has 0 aliphatic heterocycles. The van der Waals surface area contributed by atoms with Crippen LogP contribution < -0.4 is 11.1 Å². The van der Waals surface area contributed by atoms with E-state index in [0.29, 0.717) is 13.0 Å². The summed E-state index contributed by atoms with van der Waals surface area (Å²) >= 11 is 0. The van der Waals surface area contributed by atoms with E-state index in [2.05, 4.69) is 5.32 Å². The zero-order valence-electron chi connectivity index (χ0n) is 11.8. The van der Waals surface area contributed by atoms with E-state index < -0.39 is 17.4 Å². The number of nitrogens with one attached hydrogen (secondary N) is 1. The van der Waals surface area contributed by atoms with Crippen LogP contribution in [0.25, 0.3) is 0 Å². The van der Waals surface area contributed by atoms with Crippen molar-refractivity contribution in [1.82, 2.24) is 5.32 Å². The predicted octanol–water partition coefficient (Wildman–Crippen LogP) is 1.66. The van der Waals surface area contributed by atoms with Gasteiger partial charge in [-0.15, -0.1) is 0 Å². The highest BCUT2D eigenvalue weighted by Gasteiger charge is 2.38. The number of aliphatic carboxylic acids is 1. The molecule has 0 bridgehead atoms. The van der Waals surface area contributed by atoms with E-state index in [4.69, 9.17) is 10.8 Å². The van der Waals surface area contributed by atoms with Crippen molar-refractivity contribution in [3.63, 3.8) is 0 Å². The lowest BCUT2D eigenvalue weighted by Gasteiger charge is -2.31. The Hall–Kier alpha value is -1.10. The summed E-state index contributed by atoms with van der Waals surface area (Å²) < 4.78 is 0. The number of carbonyl (C=O) groups excluding carboxylic acids is 1. The molecule has 1 unspecified atom stereocenters. The van der Waals surface area contributed by atoms with Gasteiger partial charge in [0.2, 0.25) is 5.91 Å². The third-order valence-electron chi connectivity index (χ3n) is 4.11. The first kappa shape index (κ1) is 16.0. The Balaban J connectivity index is 2.73. The van der Waals surface area contributed by atoms with Gasteiger partial charge < -0.3 is 16.2 Å². The Morgan fingerprint density at radius 3 is 2.26 bits per heavy atom. The summed E-state index contributed by atoms with van der Waals surface area (Å²) in [6, 6.07) is -0.788. The predicted molar refractivity (Wildman–Crippen MR) is 73.7 cm³/mol. The number of carboxylic acid groups (broad SMARTS) is 1. The van der Waals surface area contributed by atoms with Gasteiger partial charge in [-0.05, 0) is 19.3 Å². The van der Waals surface area contributed by atoms with Crippen molar-refractivity contribution >= 4 is 11.9 Å². The molecule has 1 fully saturated rings. The van der Waals surface area contributed by atoms with Crippen LogP contribution in [-0.4, -0.2) is 29.6 Å². The minimum Gasteiger partial charge on any atom is -0.480 e. The van der Waals surface area contributed by atoms with E-state index in [9.17, 15) is 9.59 Å². The van der Waals surface area contributed by atoms with Crippen LogP contribution in [0, 0.1) is 5.41 Å². The first-order valence-electron chi connectivity index (χ1n) is 7.29. The first-order valence-corrected chi connectivity index (χ1v) is 7.29. The SMILES string of the molecule is CCCC(NC(=O)C1(CN)CCCCCC1)C(=O)O. The Morgan fingerprint density at radius 1 is 1.26 bits per heavy atom. The number of amides is 1. The van der Waals surface area contributed by atoms with Gasteiger partial charge in [0.15, 0.2) is 0 Å². The van der Waals surface area contributed by atoms with Crippen LogP contribution >= 0.6 is 0 Å². The molecular weight excluding hydrogens is 244 g/mol. The number of rotatable bonds is 6. The van der Waals surface area contributed by atoms with Gasteiger partial charge >= 0.3 is 5.97 Å². The molecule has 0 saturated heterocycles. The maximum absolute atomic E-state index is 12.4. The Bertz CT molecular complexity index is 310. The van der Waals surface area contributed by atoms with Crippen molar-refractivity contribution < 1.29 is 14.7 Å². The van der Waals surface area contributed by atoms with E-state index in [0.717, 1.165) is 44.9 Å². The Kier molecular flexibility index (Phi) is 6.28. The third-order valence-corrected chi connectivity index (χ3v) is 4.11. The summed E-state index contributed by atoms with van der Waals surface area (Å²) in [5.41, 5.74) is 5.27. The van der Waals surface area contributed by atoms with Crippen LogP contribution in [0.15, 0.2) is 0 Å². The van der Waals surface area contributed by atoms with Gasteiger partial charge in [-0.3, -0.25) is 4.79 Å². The highest BCUT2D eigenvalue weighted by Crippen LogP contribution is 2.34. The molecule has 0 spiro atoms. The van der Waals surface area contributed by atoms with Gasteiger partial charge in [-0.1, -0.05) is 39.0 Å². The second-order valence-corrected chi connectivity index (χ2v) is 5.55. The van der Waals surface area contributed by atoms with Gasteiger partial charge in [0.1, 0.15) is 6.04 Å². The van der Waals surface area contributed by atoms with Gasteiger partial charge in [-0.25, -0.2) is 4.79 Å². The summed E-state index contributed by atoms with van der Waals surface area (Å²) in [7, 11) is 0. The molecule has 1 aliphatic rings. The van der Waals surface area contributed by atoms with Crippen molar-refractivity contribution in [2.45, 2.75) is 64.3 Å². The number of nitrogens with two attached hydrogens (primary N) is 1. The molecular formula is C14H26N2O3. The fourth-order valence-corrected chi connectivity index (χ4v) is 2.79. The molecule has 0 aromatic heterocycles. The van der Waals surface area contributed by atoms with Gasteiger partial charge in [0.05, 0.1) is 5.41 Å². The van der Waals surface area contributed by atoms with Crippen LogP contribution in [0.1, 0.15) is 58.3 Å². The van der Waals surface area contributed by atoms with E-state index in [1.807, 2.05) is 6.92 Å². The fraction of sp³-hybridized carbons (Fsp3) is 0.857. The minimum absolute atomic E-state index is 0.169. The standard InChI is InChI=1S/C14H26N2O3/c1-2-7-11(12(17)18)16-13(19)14(10-15)8-5-3-4-6-9-14/h11H,2-10,15H2,1H3,(H,16,19)(H,17,18). The lowest BCUT2D eigenvalue weighted by atomic mass is 9.79. The molecule has 0 aromatic carbocycles. The van der Waals surface area contributed by atoms with Gasteiger partial charge in [-0.2, -0.15) is 0 Å². The minimum atomic E-state index is -0.962. The van der Waals surface area contributed by atoms with Crippen LogP contribution in [0.5, 0.6) is 0 Å². The average Bonchev–Trinajstić information content (AvgIpc) is 2.64.